The number of nitrogens with zero attached hydrogens (tertiary/aromatic N) is 2. The Morgan fingerprint density at radius 3 is 2.29 bits per heavy atom. The summed E-state index contributed by atoms with van der Waals surface area (Å²) in [6.07, 6.45) is 0. The number of hydrogen-bond acceptors (Lipinski definition) is 4. The maximum absolute atomic E-state index is 13.8. The maximum atomic E-state index is 13.8. The molecule has 0 aliphatic heterocycles. The average Bonchev–Trinajstić information content (AvgIpc) is 2.52. The van der Waals surface area contributed by atoms with Crippen LogP contribution in [0.4, 0.5) is 31.9 Å². The Labute approximate surface area is 138 Å². The largest absolute Gasteiger partial charge is 0.338 e. The van der Waals surface area contributed by atoms with Gasteiger partial charge in [-0.2, -0.15) is 4.98 Å². The van der Waals surface area contributed by atoms with Gasteiger partial charge in [0.25, 0.3) is 0 Å². The molecule has 0 fully saturated rings. The van der Waals surface area contributed by atoms with Crippen LogP contribution in [0, 0.1) is 25.5 Å². The van der Waals surface area contributed by atoms with E-state index in [0.717, 1.165) is 17.3 Å². The summed E-state index contributed by atoms with van der Waals surface area (Å²) in [4.78, 5) is 8.63. The van der Waals surface area contributed by atoms with Gasteiger partial charge in [-0.15, -0.1) is 0 Å². The van der Waals surface area contributed by atoms with Gasteiger partial charge in [-0.05, 0) is 38.1 Å². The van der Waals surface area contributed by atoms with Gasteiger partial charge in [0.2, 0.25) is 5.95 Å². The van der Waals surface area contributed by atoms with Crippen molar-refractivity contribution >= 4 is 23.1 Å². The third kappa shape index (κ3) is 3.84. The molecular weight excluding hydrogens is 310 g/mol. The van der Waals surface area contributed by atoms with Crippen LogP contribution >= 0.6 is 0 Å². The fraction of sp³-hybridized carbons (Fsp3) is 0.111. The molecule has 122 valence electrons. The SMILES string of the molecule is Cc1ccc(Nc2nc(C)cc(Nc3ccc(F)cc3F)n2)cc1. The van der Waals surface area contributed by atoms with Crippen LogP contribution < -0.4 is 10.6 Å². The highest BCUT2D eigenvalue weighted by atomic mass is 19.1. The van der Waals surface area contributed by atoms with Crippen molar-refractivity contribution in [2.45, 2.75) is 13.8 Å². The lowest BCUT2D eigenvalue weighted by molar-refractivity contribution is 0.586. The van der Waals surface area contributed by atoms with E-state index in [9.17, 15) is 8.78 Å². The topological polar surface area (TPSA) is 49.8 Å². The number of nitrogens with one attached hydrogen (secondary N) is 2. The Balaban J connectivity index is 1.84. The van der Waals surface area contributed by atoms with E-state index in [4.69, 9.17) is 0 Å². The van der Waals surface area contributed by atoms with Crippen LogP contribution in [0.3, 0.4) is 0 Å². The number of rotatable bonds is 4. The highest BCUT2D eigenvalue weighted by Gasteiger charge is 2.07. The number of hydrogen-bond donors (Lipinski definition) is 2. The first-order valence-electron chi connectivity index (χ1n) is 7.41. The molecule has 2 aromatic carbocycles. The van der Waals surface area contributed by atoms with Crippen LogP contribution in [0.5, 0.6) is 0 Å². The minimum atomic E-state index is -0.681. The van der Waals surface area contributed by atoms with Crippen LogP contribution in [0.15, 0.2) is 48.5 Å². The summed E-state index contributed by atoms with van der Waals surface area (Å²) in [5.74, 6) is -0.496. The van der Waals surface area contributed by atoms with Gasteiger partial charge < -0.3 is 10.6 Å². The first kappa shape index (κ1) is 15.9. The van der Waals surface area contributed by atoms with E-state index in [2.05, 4.69) is 20.6 Å². The van der Waals surface area contributed by atoms with Crippen molar-refractivity contribution in [1.82, 2.24) is 9.97 Å². The lowest BCUT2D eigenvalue weighted by atomic mass is 10.2. The second-order valence-corrected chi connectivity index (χ2v) is 5.46. The van der Waals surface area contributed by atoms with Crippen molar-refractivity contribution in [1.29, 1.82) is 0 Å². The lowest BCUT2D eigenvalue weighted by Gasteiger charge is -2.11. The smallest absolute Gasteiger partial charge is 0.229 e. The van der Waals surface area contributed by atoms with E-state index in [1.807, 2.05) is 38.1 Å². The van der Waals surface area contributed by atoms with E-state index in [0.29, 0.717) is 17.5 Å². The first-order valence-corrected chi connectivity index (χ1v) is 7.41. The summed E-state index contributed by atoms with van der Waals surface area (Å²) in [5, 5.41) is 5.95. The highest BCUT2D eigenvalue weighted by Crippen LogP contribution is 2.22. The minimum Gasteiger partial charge on any atom is -0.338 e. The van der Waals surface area contributed by atoms with Gasteiger partial charge in [-0.3, -0.25) is 0 Å². The monoisotopic (exact) mass is 326 g/mol. The molecule has 0 aliphatic carbocycles. The second-order valence-electron chi connectivity index (χ2n) is 5.46. The van der Waals surface area contributed by atoms with E-state index in [1.165, 1.54) is 12.1 Å². The van der Waals surface area contributed by atoms with Crippen LogP contribution in [0.2, 0.25) is 0 Å². The van der Waals surface area contributed by atoms with Gasteiger partial charge in [-0.25, -0.2) is 13.8 Å². The summed E-state index contributed by atoms with van der Waals surface area (Å²) >= 11 is 0. The quantitative estimate of drug-likeness (QED) is 0.719. The Morgan fingerprint density at radius 2 is 1.58 bits per heavy atom. The first-order chi connectivity index (χ1) is 11.5. The molecule has 0 bridgehead atoms. The van der Waals surface area contributed by atoms with Crippen molar-refractivity contribution in [3.63, 3.8) is 0 Å². The van der Waals surface area contributed by atoms with Crippen molar-refractivity contribution < 1.29 is 8.78 Å². The van der Waals surface area contributed by atoms with Gasteiger partial charge in [0.15, 0.2) is 0 Å². The van der Waals surface area contributed by atoms with Gasteiger partial charge in [0.1, 0.15) is 17.5 Å². The summed E-state index contributed by atoms with van der Waals surface area (Å²) in [7, 11) is 0. The Morgan fingerprint density at radius 1 is 0.833 bits per heavy atom. The zero-order chi connectivity index (χ0) is 17.1. The molecule has 0 amide bonds. The predicted molar refractivity (Wildman–Crippen MR) is 90.9 cm³/mol. The average molecular weight is 326 g/mol. The maximum Gasteiger partial charge on any atom is 0.229 e. The molecule has 0 atom stereocenters. The van der Waals surface area contributed by atoms with E-state index >= 15 is 0 Å². The zero-order valence-electron chi connectivity index (χ0n) is 13.3. The van der Waals surface area contributed by atoms with E-state index in [-0.39, 0.29) is 5.69 Å². The molecule has 24 heavy (non-hydrogen) atoms. The molecule has 3 aromatic rings. The van der Waals surface area contributed by atoms with Gasteiger partial charge in [-0.1, -0.05) is 17.7 Å². The Kier molecular flexibility index (Phi) is 4.37. The highest BCUT2D eigenvalue weighted by molar-refractivity contribution is 5.60. The molecule has 0 saturated carbocycles. The standard InChI is InChI=1S/C18H16F2N4/c1-11-3-6-14(7-4-11)22-18-21-12(2)9-17(24-18)23-16-8-5-13(19)10-15(16)20/h3-10H,1-2H3,(H2,21,22,23,24). The number of anilines is 4. The van der Waals surface area contributed by atoms with Crippen molar-refractivity contribution in [2.75, 3.05) is 10.6 Å². The fourth-order valence-corrected chi connectivity index (χ4v) is 2.18. The number of aryl methyl sites for hydroxylation is 2. The van der Waals surface area contributed by atoms with Crippen LogP contribution in [-0.4, -0.2) is 9.97 Å². The third-order valence-electron chi connectivity index (χ3n) is 3.36. The predicted octanol–water partition coefficient (Wildman–Crippen LogP) is 4.86. The molecule has 0 aliphatic rings. The molecule has 1 aromatic heterocycles. The zero-order valence-corrected chi connectivity index (χ0v) is 13.3. The molecular formula is C18H16F2N4. The molecule has 2 N–H and O–H groups in total. The number of aromatic nitrogens is 2. The number of halogens is 2. The molecule has 4 nitrogen and oxygen atoms in total. The second kappa shape index (κ2) is 6.62. The summed E-state index contributed by atoms with van der Waals surface area (Å²) in [6, 6.07) is 12.8. The van der Waals surface area contributed by atoms with E-state index < -0.39 is 11.6 Å². The summed E-state index contributed by atoms with van der Waals surface area (Å²) in [5.41, 5.74) is 2.87. The van der Waals surface area contributed by atoms with Gasteiger partial charge in [0, 0.05) is 23.5 Å². The fourth-order valence-electron chi connectivity index (χ4n) is 2.18. The third-order valence-corrected chi connectivity index (χ3v) is 3.36. The van der Waals surface area contributed by atoms with Crippen molar-refractivity contribution in [3.05, 3.63) is 71.4 Å². The normalized spacial score (nSPS) is 10.5. The molecule has 0 unspecified atom stereocenters. The molecule has 1 heterocycles. The van der Waals surface area contributed by atoms with Crippen LogP contribution in [0.1, 0.15) is 11.3 Å². The summed E-state index contributed by atoms with van der Waals surface area (Å²) in [6.45, 7) is 3.82. The molecule has 6 heteroatoms. The molecule has 3 rings (SSSR count). The molecule has 0 spiro atoms. The van der Waals surface area contributed by atoms with Crippen molar-refractivity contribution in [3.8, 4) is 0 Å². The molecule has 0 radical (unpaired) electrons. The number of benzene rings is 2. The van der Waals surface area contributed by atoms with Gasteiger partial charge >= 0.3 is 0 Å². The lowest BCUT2D eigenvalue weighted by Crippen LogP contribution is -2.03. The Bertz CT molecular complexity index is 863. The van der Waals surface area contributed by atoms with Gasteiger partial charge in [0.05, 0.1) is 5.69 Å². The van der Waals surface area contributed by atoms with Crippen molar-refractivity contribution in [2.24, 2.45) is 0 Å². The Hall–Kier alpha value is -3.02. The van der Waals surface area contributed by atoms with Crippen LogP contribution in [-0.2, 0) is 0 Å². The minimum absolute atomic E-state index is 0.149. The van der Waals surface area contributed by atoms with Crippen LogP contribution in [0.25, 0.3) is 0 Å². The molecule has 0 saturated heterocycles. The van der Waals surface area contributed by atoms with E-state index in [1.54, 1.807) is 6.07 Å². The summed E-state index contributed by atoms with van der Waals surface area (Å²) < 4.78 is 26.7.